The first-order valence-electron chi connectivity index (χ1n) is 8.06. The van der Waals surface area contributed by atoms with Crippen LogP contribution in [0.2, 0.25) is 0 Å². The molecule has 2 N–H and O–H groups in total. The summed E-state index contributed by atoms with van der Waals surface area (Å²) in [5, 5.41) is 4.06. The number of aromatic nitrogens is 2. The maximum absolute atomic E-state index is 5.61. The molecule has 26 heavy (non-hydrogen) atoms. The van der Waals surface area contributed by atoms with Gasteiger partial charge in [0.05, 0.1) is 14.2 Å². The molecule has 1 aromatic heterocycles. The summed E-state index contributed by atoms with van der Waals surface area (Å²) in [7, 11) is 3.30. The van der Waals surface area contributed by atoms with Crippen molar-refractivity contribution in [3.05, 3.63) is 59.5 Å². The number of aryl methyl sites for hydroxylation is 2. The maximum atomic E-state index is 5.61. The second-order valence-corrected chi connectivity index (χ2v) is 5.59. The molecule has 0 unspecified atom stereocenters. The lowest BCUT2D eigenvalue weighted by atomic mass is 10.1. The SMILES string of the molecule is COc1ccc(OC)c(CCc2nc(-c3ccc(CN)cc3)no2)c1.Cl. The van der Waals surface area contributed by atoms with Crippen molar-refractivity contribution in [2.45, 2.75) is 19.4 Å². The minimum atomic E-state index is 0. The average molecular weight is 376 g/mol. The molecular weight excluding hydrogens is 354 g/mol. The first kappa shape index (κ1) is 19.8. The molecule has 0 aliphatic heterocycles. The van der Waals surface area contributed by atoms with Gasteiger partial charge in [-0.3, -0.25) is 0 Å². The van der Waals surface area contributed by atoms with Gasteiger partial charge in [0, 0.05) is 18.5 Å². The molecule has 0 spiro atoms. The van der Waals surface area contributed by atoms with E-state index in [1.807, 2.05) is 42.5 Å². The molecule has 3 aromatic rings. The van der Waals surface area contributed by atoms with Gasteiger partial charge in [0.2, 0.25) is 11.7 Å². The first-order chi connectivity index (χ1) is 12.2. The number of methoxy groups -OCH3 is 2. The molecule has 0 amide bonds. The zero-order valence-corrected chi connectivity index (χ0v) is 15.6. The van der Waals surface area contributed by atoms with Crippen LogP contribution in [0.5, 0.6) is 11.5 Å². The van der Waals surface area contributed by atoms with Crippen LogP contribution in [-0.4, -0.2) is 24.4 Å². The van der Waals surface area contributed by atoms with E-state index in [0.717, 1.165) is 28.2 Å². The van der Waals surface area contributed by atoms with Crippen molar-refractivity contribution < 1.29 is 14.0 Å². The fourth-order valence-corrected chi connectivity index (χ4v) is 2.58. The van der Waals surface area contributed by atoms with E-state index in [-0.39, 0.29) is 12.4 Å². The molecule has 6 nitrogen and oxygen atoms in total. The fourth-order valence-electron chi connectivity index (χ4n) is 2.58. The lowest BCUT2D eigenvalue weighted by Gasteiger charge is -2.09. The van der Waals surface area contributed by atoms with Gasteiger partial charge in [-0.15, -0.1) is 12.4 Å². The molecule has 1 heterocycles. The Morgan fingerprint density at radius 2 is 1.77 bits per heavy atom. The summed E-state index contributed by atoms with van der Waals surface area (Å²) in [6.45, 7) is 0.514. The van der Waals surface area contributed by atoms with Gasteiger partial charge in [0.1, 0.15) is 11.5 Å². The summed E-state index contributed by atoms with van der Waals surface area (Å²) in [4.78, 5) is 4.47. The van der Waals surface area contributed by atoms with Gasteiger partial charge in [-0.1, -0.05) is 29.4 Å². The van der Waals surface area contributed by atoms with Crippen LogP contribution < -0.4 is 15.2 Å². The molecule has 138 valence electrons. The van der Waals surface area contributed by atoms with Gasteiger partial charge in [0.15, 0.2) is 0 Å². The van der Waals surface area contributed by atoms with E-state index < -0.39 is 0 Å². The van der Waals surface area contributed by atoms with Gasteiger partial charge >= 0.3 is 0 Å². The monoisotopic (exact) mass is 375 g/mol. The Morgan fingerprint density at radius 1 is 1.00 bits per heavy atom. The van der Waals surface area contributed by atoms with E-state index in [4.69, 9.17) is 19.7 Å². The smallest absolute Gasteiger partial charge is 0.227 e. The number of nitrogens with two attached hydrogens (primary N) is 1. The van der Waals surface area contributed by atoms with E-state index >= 15 is 0 Å². The second-order valence-electron chi connectivity index (χ2n) is 5.59. The van der Waals surface area contributed by atoms with Gasteiger partial charge in [-0.25, -0.2) is 0 Å². The molecule has 0 aliphatic carbocycles. The molecule has 0 radical (unpaired) electrons. The number of benzene rings is 2. The predicted octanol–water partition coefficient (Wildman–Crippen LogP) is 3.42. The Balaban J connectivity index is 0.00000243. The van der Waals surface area contributed by atoms with E-state index in [1.54, 1.807) is 14.2 Å². The van der Waals surface area contributed by atoms with E-state index in [0.29, 0.717) is 31.1 Å². The summed E-state index contributed by atoms with van der Waals surface area (Å²) in [5.41, 5.74) is 8.62. The third kappa shape index (κ3) is 4.53. The maximum Gasteiger partial charge on any atom is 0.227 e. The standard InChI is InChI=1S/C19H21N3O3.ClH/c1-23-16-8-9-17(24-2)15(11-16)7-10-18-21-19(22-25-18)14-5-3-13(12-20)4-6-14;/h3-6,8-9,11H,7,10,12,20H2,1-2H3;1H. The molecule has 0 bridgehead atoms. The van der Waals surface area contributed by atoms with E-state index in [1.165, 1.54) is 0 Å². The highest BCUT2D eigenvalue weighted by Crippen LogP contribution is 2.25. The van der Waals surface area contributed by atoms with Crippen molar-refractivity contribution in [2.24, 2.45) is 5.73 Å². The molecule has 7 heteroatoms. The lowest BCUT2D eigenvalue weighted by Crippen LogP contribution is -1.97. The number of ether oxygens (including phenoxy) is 2. The number of hydrogen-bond donors (Lipinski definition) is 1. The van der Waals surface area contributed by atoms with Gasteiger partial charge < -0.3 is 19.7 Å². The number of nitrogens with zero attached hydrogens (tertiary/aromatic N) is 2. The summed E-state index contributed by atoms with van der Waals surface area (Å²) in [6, 6.07) is 13.6. The molecule has 0 saturated carbocycles. The van der Waals surface area contributed by atoms with Crippen molar-refractivity contribution in [3.63, 3.8) is 0 Å². The molecule has 0 atom stereocenters. The van der Waals surface area contributed by atoms with E-state index in [9.17, 15) is 0 Å². The van der Waals surface area contributed by atoms with Crippen LogP contribution in [0, 0.1) is 0 Å². The minimum absolute atomic E-state index is 0. The highest BCUT2D eigenvalue weighted by molar-refractivity contribution is 5.85. The predicted molar refractivity (Wildman–Crippen MR) is 102 cm³/mol. The molecule has 2 aromatic carbocycles. The normalized spacial score (nSPS) is 10.3. The van der Waals surface area contributed by atoms with Crippen molar-refractivity contribution in [1.29, 1.82) is 0 Å². The minimum Gasteiger partial charge on any atom is -0.497 e. The zero-order valence-electron chi connectivity index (χ0n) is 14.8. The quantitative estimate of drug-likeness (QED) is 0.681. The Kier molecular flexibility index (Phi) is 7.00. The summed E-state index contributed by atoms with van der Waals surface area (Å²) in [5.74, 6) is 2.78. The van der Waals surface area contributed by atoms with Crippen molar-refractivity contribution in [1.82, 2.24) is 10.1 Å². The Hall–Kier alpha value is -2.57. The summed E-state index contributed by atoms with van der Waals surface area (Å²) >= 11 is 0. The summed E-state index contributed by atoms with van der Waals surface area (Å²) in [6.07, 6.45) is 1.34. The number of hydrogen-bond acceptors (Lipinski definition) is 6. The molecule has 0 fully saturated rings. The molecular formula is C19H22ClN3O3. The highest BCUT2D eigenvalue weighted by Gasteiger charge is 2.11. The third-order valence-corrected chi connectivity index (χ3v) is 4.01. The van der Waals surface area contributed by atoms with Crippen LogP contribution in [0.25, 0.3) is 11.4 Å². The van der Waals surface area contributed by atoms with Crippen LogP contribution in [0.4, 0.5) is 0 Å². The molecule has 3 rings (SSSR count). The first-order valence-corrected chi connectivity index (χ1v) is 8.06. The van der Waals surface area contributed by atoms with Gasteiger partial charge in [0.25, 0.3) is 0 Å². The Labute approximate surface area is 158 Å². The van der Waals surface area contributed by atoms with E-state index in [2.05, 4.69) is 10.1 Å². The van der Waals surface area contributed by atoms with Crippen molar-refractivity contribution >= 4 is 12.4 Å². The van der Waals surface area contributed by atoms with Crippen LogP contribution in [0.15, 0.2) is 47.0 Å². The molecule has 0 aliphatic rings. The van der Waals surface area contributed by atoms with Crippen LogP contribution in [0.1, 0.15) is 17.0 Å². The van der Waals surface area contributed by atoms with Gasteiger partial charge in [-0.2, -0.15) is 4.98 Å². The fraction of sp³-hybridized carbons (Fsp3) is 0.263. The topological polar surface area (TPSA) is 83.4 Å². The van der Waals surface area contributed by atoms with Crippen LogP contribution in [0.3, 0.4) is 0 Å². The zero-order chi connectivity index (χ0) is 17.6. The lowest BCUT2D eigenvalue weighted by molar-refractivity contribution is 0.375. The largest absolute Gasteiger partial charge is 0.497 e. The average Bonchev–Trinajstić information content (AvgIpc) is 3.15. The second kappa shape index (κ2) is 9.22. The highest BCUT2D eigenvalue weighted by atomic mass is 35.5. The number of halogens is 1. The number of rotatable bonds is 7. The van der Waals surface area contributed by atoms with Gasteiger partial charge in [-0.05, 0) is 35.7 Å². The Bertz CT molecular complexity index is 834. The van der Waals surface area contributed by atoms with Crippen molar-refractivity contribution in [3.8, 4) is 22.9 Å². The summed E-state index contributed by atoms with van der Waals surface area (Å²) < 4.78 is 16.0. The van der Waals surface area contributed by atoms with Crippen LogP contribution >= 0.6 is 12.4 Å². The molecule has 0 saturated heterocycles. The third-order valence-electron chi connectivity index (χ3n) is 4.01. The van der Waals surface area contributed by atoms with Crippen LogP contribution in [-0.2, 0) is 19.4 Å². The van der Waals surface area contributed by atoms with Crippen molar-refractivity contribution in [2.75, 3.05) is 14.2 Å². The Morgan fingerprint density at radius 3 is 2.42 bits per heavy atom.